The number of aromatic nitrogens is 1. The fourth-order valence-corrected chi connectivity index (χ4v) is 1.65. The lowest BCUT2D eigenvalue weighted by Gasteiger charge is -2.00. The average Bonchev–Trinajstić information content (AvgIpc) is 2.75. The Morgan fingerprint density at radius 3 is 2.89 bits per heavy atom. The number of carbonyl (C=O) groups excluding carboxylic acids is 1. The molecule has 18 heavy (non-hydrogen) atoms. The zero-order chi connectivity index (χ0) is 13.0. The standard InChI is InChI=1S/C13H12ClN3O/c1-17-7-3-6-12(17)9-15-16-13(18)10-4-2-5-11(14)8-10/h2-9H,1H3,(H,16,18). The van der Waals surface area contributed by atoms with E-state index in [-0.39, 0.29) is 5.91 Å². The summed E-state index contributed by atoms with van der Waals surface area (Å²) in [5, 5.41) is 4.41. The van der Waals surface area contributed by atoms with Gasteiger partial charge < -0.3 is 4.57 Å². The largest absolute Gasteiger partial charge is 0.350 e. The van der Waals surface area contributed by atoms with E-state index in [1.807, 2.05) is 29.9 Å². The topological polar surface area (TPSA) is 46.4 Å². The van der Waals surface area contributed by atoms with Crippen molar-refractivity contribution in [2.45, 2.75) is 0 Å². The number of nitrogens with zero attached hydrogens (tertiary/aromatic N) is 2. The molecule has 0 spiro atoms. The molecule has 0 atom stereocenters. The van der Waals surface area contributed by atoms with E-state index in [1.54, 1.807) is 30.5 Å². The maximum absolute atomic E-state index is 11.7. The van der Waals surface area contributed by atoms with Crippen molar-refractivity contribution in [3.8, 4) is 0 Å². The van der Waals surface area contributed by atoms with E-state index in [1.165, 1.54) is 0 Å². The summed E-state index contributed by atoms with van der Waals surface area (Å²) in [4.78, 5) is 11.7. The quantitative estimate of drug-likeness (QED) is 0.669. The van der Waals surface area contributed by atoms with Crippen LogP contribution in [0.1, 0.15) is 16.1 Å². The molecule has 2 rings (SSSR count). The van der Waals surface area contributed by atoms with Crippen LogP contribution in [0.4, 0.5) is 0 Å². The van der Waals surface area contributed by atoms with Crippen molar-refractivity contribution in [2.24, 2.45) is 12.1 Å². The smallest absolute Gasteiger partial charge is 0.271 e. The number of hydrogen-bond donors (Lipinski definition) is 1. The highest BCUT2D eigenvalue weighted by molar-refractivity contribution is 6.30. The van der Waals surface area contributed by atoms with E-state index in [4.69, 9.17) is 11.6 Å². The monoisotopic (exact) mass is 261 g/mol. The lowest BCUT2D eigenvalue weighted by atomic mass is 10.2. The van der Waals surface area contributed by atoms with Gasteiger partial charge in [0.1, 0.15) is 0 Å². The van der Waals surface area contributed by atoms with Gasteiger partial charge in [-0.05, 0) is 30.3 Å². The van der Waals surface area contributed by atoms with E-state index >= 15 is 0 Å². The van der Waals surface area contributed by atoms with Crippen LogP contribution in [0.5, 0.6) is 0 Å². The Hall–Kier alpha value is -2.07. The minimum atomic E-state index is -0.289. The Bertz CT molecular complexity index is 589. The maximum atomic E-state index is 11.7. The van der Waals surface area contributed by atoms with Crippen LogP contribution in [-0.2, 0) is 7.05 Å². The molecule has 0 saturated carbocycles. The first-order chi connectivity index (χ1) is 8.66. The second kappa shape index (κ2) is 5.51. The molecule has 0 aliphatic rings. The molecule has 2 aromatic rings. The molecule has 0 radical (unpaired) electrons. The lowest BCUT2D eigenvalue weighted by molar-refractivity contribution is 0.0955. The van der Waals surface area contributed by atoms with Crippen molar-refractivity contribution in [1.29, 1.82) is 0 Å². The third kappa shape index (κ3) is 2.99. The number of hydrogen-bond acceptors (Lipinski definition) is 2. The maximum Gasteiger partial charge on any atom is 0.271 e. The highest BCUT2D eigenvalue weighted by atomic mass is 35.5. The van der Waals surface area contributed by atoms with Gasteiger partial charge in [-0.2, -0.15) is 5.10 Å². The highest BCUT2D eigenvalue weighted by Gasteiger charge is 2.03. The van der Waals surface area contributed by atoms with E-state index in [0.29, 0.717) is 10.6 Å². The van der Waals surface area contributed by atoms with Crippen LogP contribution in [0.15, 0.2) is 47.7 Å². The molecule has 0 unspecified atom stereocenters. The highest BCUT2D eigenvalue weighted by Crippen LogP contribution is 2.10. The zero-order valence-electron chi connectivity index (χ0n) is 9.80. The predicted molar refractivity (Wildman–Crippen MR) is 71.9 cm³/mol. The minimum absolute atomic E-state index is 0.289. The number of halogens is 1. The number of hydrazone groups is 1. The number of amides is 1. The van der Waals surface area contributed by atoms with Gasteiger partial charge in [-0.25, -0.2) is 5.43 Å². The Morgan fingerprint density at radius 2 is 2.22 bits per heavy atom. The third-order valence-corrected chi connectivity index (χ3v) is 2.67. The molecule has 1 amide bonds. The molecule has 0 bridgehead atoms. The van der Waals surface area contributed by atoms with E-state index < -0.39 is 0 Å². The molecule has 5 heteroatoms. The summed E-state index contributed by atoms with van der Waals surface area (Å²) in [6.07, 6.45) is 3.49. The summed E-state index contributed by atoms with van der Waals surface area (Å²) in [6, 6.07) is 10.5. The van der Waals surface area contributed by atoms with Crippen LogP contribution in [-0.4, -0.2) is 16.7 Å². The van der Waals surface area contributed by atoms with Crippen LogP contribution >= 0.6 is 11.6 Å². The van der Waals surface area contributed by atoms with Crippen molar-refractivity contribution in [3.63, 3.8) is 0 Å². The van der Waals surface area contributed by atoms with Crippen molar-refractivity contribution in [3.05, 3.63) is 58.9 Å². The minimum Gasteiger partial charge on any atom is -0.350 e. The van der Waals surface area contributed by atoms with Gasteiger partial charge in [0, 0.05) is 23.8 Å². The normalized spacial score (nSPS) is 10.8. The van der Waals surface area contributed by atoms with Crippen molar-refractivity contribution >= 4 is 23.7 Å². The molecule has 0 aliphatic carbocycles. The molecular formula is C13H12ClN3O. The number of benzene rings is 1. The van der Waals surface area contributed by atoms with Crippen LogP contribution in [0, 0.1) is 0 Å². The first-order valence-electron chi connectivity index (χ1n) is 5.37. The van der Waals surface area contributed by atoms with E-state index in [9.17, 15) is 4.79 Å². The fourth-order valence-electron chi connectivity index (χ4n) is 1.46. The zero-order valence-corrected chi connectivity index (χ0v) is 10.6. The van der Waals surface area contributed by atoms with Crippen molar-refractivity contribution in [2.75, 3.05) is 0 Å². The van der Waals surface area contributed by atoms with Gasteiger partial charge in [0.25, 0.3) is 5.91 Å². The van der Waals surface area contributed by atoms with Crippen LogP contribution in [0.2, 0.25) is 5.02 Å². The van der Waals surface area contributed by atoms with E-state index in [0.717, 1.165) is 5.69 Å². The Labute approximate surface area is 110 Å². The second-order valence-corrected chi connectivity index (χ2v) is 4.19. The Balaban J connectivity index is 2.01. The third-order valence-electron chi connectivity index (χ3n) is 2.43. The molecule has 1 aromatic heterocycles. The molecule has 0 saturated heterocycles. The molecular weight excluding hydrogens is 250 g/mol. The molecule has 0 fully saturated rings. The van der Waals surface area contributed by atoms with Gasteiger partial charge in [-0.15, -0.1) is 0 Å². The Morgan fingerprint density at radius 1 is 1.39 bits per heavy atom. The summed E-state index contributed by atoms with van der Waals surface area (Å²) in [5.74, 6) is -0.289. The van der Waals surface area contributed by atoms with Gasteiger partial charge >= 0.3 is 0 Å². The van der Waals surface area contributed by atoms with Gasteiger partial charge in [-0.3, -0.25) is 4.79 Å². The molecule has 1 heterocycles. The number of carbonyl (C=O) groups is 1. The van der Waals surface area contributed by atoms with Crippen LogP contribution in [0.3, 0.4) is 0 Å². The van der Waals surface area contributed by atoms with Gasteiger partial charge in [0.15, 0.2) is 0 Å². The lowest BCUT2D eigenvalue weighted by Crippen LogP contribution is -2.17. The summed E-state index contributed by atoms with van der Waals surface area (Å²) in [7, 11) is 1.90. The summed E-state index contributed by atoms with van der Waals surface area (Å²) < 4.78 is 1.90. The van der Waals surface area contributed by atoms with Crippen molar-refractivity contribution < 1.29 is 4.79 Å². The second-order valence-electron chi connectivity index (χ2n) is 3.75. The molecule has 92 valence electrons. The first-order valence-corrected chi connectivity index (χ1v) is 5.75. The number of rotatable bonds is 3. The fraction of sp³-hybridized carbons (Fsp3) is 0.0769. The molecule has 1 N–H and O–H groups in total. The average molecular weight is 262 g/mol. The van der Waals surface area contributed by atoms with Crippen LogP contribution < -0.4 is 5.43 Å². The molecule has 0 aliphatic heterocycles. The Kier molecular flexibility index (Phi) is 3.79. The van der Waals surface area contributed by atoms with Gasteiger partial charge in [0.05, 0.1) is 11.9 Å². The first kappa shape index (κ1) is 12.4. The number of aryl methyl sites for hydroxylation is 1. The van der Waals surface area contributed by atoms with E-state index in [2.05, 4.69) is 10.5 Å². The predicted octanol–water partition coefficient (Wildman–Crippen LogP) is 2.44. The summed E-state index contributed by atoms with van der Waals surface area (Å²) in [5.41, 5.74) is 3.83. The van der Waals surface area contributed by atoms with Gasteiger partial charge in [0.2, 0.25) is 0 Å². The van der Waals surface area contributed by atoms with Crippen molar-refractivity contribution in [1.82, 2.24) is 9.99 Å². The SMILES string of the molecule is Cn1cccc1C=NNC(=O)c1cccc(Cl)c1. The van der Waals surface area contributed by atoms with Gasteiger partial charge in [-0.1, -0.05) is 17.7 Å². The van der Waals surface area contributed by atoms with Crippen LogP contribution in [0.25, 0.3) is 0 Å². The summed E-state index contributed by atoms with van der Waals surface area (Å²) in [6.45, 7) is 0. The summed E-state index contributed by atoms with van der Waals surface area (Å²) >= 11 is 5.80. The number of nitrogens with one attached hydrogen (secondary N) is 1. The molecule has 1 aromatic carbocycles. The molecule has 4 nitrogen and oxygen atoms in total.